The van der Waals surface area contributed by atoms with E-state index < -0.39 is 0 Å². The third-order valence-electron chi connectivity index (χ3n) is 5.93. The first-order chi connectivity index (χ1) is 16.6. The summed E-state index contributed by atoms with van der Waals surface area (Å²) in [6.45, 7) is 4.82. The Bertz CT molecular complexity index is 1300. The number of phenolic OH excluding ortho intramolecular Hbond substituents is 2. The number of nitrogens with zero attached hydrogens (tertiary/aromatic N) is 1. The molecule has 0 aliphatic carbocycles. The van der Waals surface area contributed by atoms with E-state index in [1.165, 1.54) is 0 Å². The Morgan fingerprint density at radius 1 is 0.943 bits per heavy atom. The summed E-state index contributed by atoms with van der Waals surface area (Å²) in [7, 11) is 0. The van der Waals surface area contributed by atoms with Crippen LogP contribution in [0.4, 0.5) is 0 Å². The number of fused-ring (bicyclic) bond motifs is 1. The number of benzene rings is 3. The first kappa shape index (κ1) is 25.3. The second kappa shape index (κ2) is 11.3. The summed E-state index contributed by atoms with van der Waals surface area (Å²) in [5.41, 5.74) is 2.14. The Morgan fingerprint density at radius 3 is 2.34 bits per heavy atom. The van der Waals surface area contributed by atoms with Crippen LogP contribution >= 0.6 is 12.4 Å². The van der Waals surface area contributed by atoms with Crippen molar-refractivity contribution < 1.29 is 24.5 Å². The maximum atomic E-state index is 13.7. The average Bonchev–Trinajstić information content (AvgIpc) is 3.23. The van der Waals surface area contributed by atoms with E-state index >= 15 is 0 Å². The first-order valence-corrected chi connectivity index (χ1v) is 12.9. The van der Waals surface area contributed by atoms with Crippen LogP contribution in [0.1, 0.15) is 15.9 Å². The quantitative estimate of drug-likeness (QED) is 0.260. The molecule has 0 saturated carbocycles. The summed E-state index contributed by atoms with van der Waals surface area (Å²) in [5.74, 6) is 1.05. The van der Waals surface area contributed by atoms with Gasteiger partial charge in [0, 0.05) is 0 Å². The molecule has 0 bridgehead atoms. The van der Waals surface area contributed by atoms with Crippen molar-refractivity contribution in [1.29, 1.82) is 0 Å². The van der Waals surface area contributed by atoms with Crippen molar-refractivity contribution in [2.24, 2.45) is 0 Å². The van der Waals surface area contributed by atoms with Gasteiger partial charge in [0.1, 0.15) is 0 Å². The van der Waals surface area contributed by atoms with Crippen molar-refractivity contribution in [3.63, 3.8) is 0 Å². The van der Waals surface area contributed by atoms with Crippen LogP contribution in [-0.2, 0) is 4.74 Å². The van der Waals surface area contributed by atoms with E-state index in [1.807, 2.05) is 30.3 Å². The third kappa shape index (κ3) is 5.72. The Labute approximate surface area is 215 Å². The summed E-state index contributed by atoms with van der Waals surface area (Å²) >= 11 is -0.140. The van der Waals surface area contributed by atoms with Crippen molar-refractivity contribution >= 4 is 42.3 Å². The molecule has 4 aromatic rings. The standard InChI is InChI=1S/C27H25NO5Se.ClH/c29-20-5-1-19(2-6-20)27-25(23-10-7-21(30)17-24(23)34-27)26(31)18-3-8-22(9-4-18)33-16-13-28-11-14-32-15-12-28;/h1-10,17,29-30H,11-16H2;1H. The molecule has 1 saturated heterocycles. The number of hydrogen-bond acceptors (Lipinski definition) is 6. The first-order valence-electron chi connectivity index (χ1n) is 11.2. The number of ether oxygens (including phenoxy) is 2. The van der Waals surface area contributed by atoms with Crippen molar-refractivity contribution in [2.45, 2.75) is 0 Å². The number of rotatable bonds is 7. The van der Waals surface area contributed by atoms with E-state index in [1.54, 1.807) is 36.4 Å². The van der Waals surface area contributed by atoms with Gasteiger partial charge in [-0.25, -0.2) is 0 Å². The molecule has 0 atom stereocenters. The van der Waals surface area contributed by atoms with Gasteiger partial charge in [-0.05, 0) is 0 Å². The van der Waals surface area contributed by atoms with Gasteiger partial charge in [-0.3, -0.25) is 0 Å². The molecule has 1 fully saturated rings. The minimum absolute atomic E-state index is 0. The molecule has 3 aromatic carbocycles. The van der Waals surface area contributed by atoms with Gasteiger partial charge in [0.15, 0.2) is 0 Å². The van der Waals surface area contributed by atoms with Gasteiger partial charge in [-0.15, -0.1) is 12.4 Å². The molecule has 0 amide bonds. The minimum atomic E-state index is -0.140. The summed E-state index contributed by atoms with van der Waals surface area (Å²) < 4.78 is 13.2. The van der Waals surface area contributed by atoms with E-state index in [9.17, 15) is 15.0 Å². The molecule has 0 radical (unpaired) electrons. The zero-order valence-corrected chi connectivity index (χ0v) is 21.5. The average molecular weight is 559 g/mol. The number of morpholine rings is 1. The van der Waals surface area contributed by atoms with E-state index in [0.717, 1.165) is 58.2 Å². The number of halogens is 1. The monoisotopic (exact) mass is 559 g/mol. The molecule has 182 valence electrons. The number of ketones is 1. The molecule has 35 heavy (non-hydrogen) atoms. The summed E-state index contributed by atoms with van der Waals surface area (Å²) in [4.78, 5) is 16.0. The van der Waals surface area contributed by atoms with Crippen LogP contribution in [0.2, 0.25) is 0 Å². The molecule has 0 unspecified atom stereocenters. The van der Waals surface area contributed by atoms with Crippen molar-refractivity contribution in [3.8, 4) is 27.2 Å². The fourth-order valence-corrected chi connectivity index (χ4v) is 6.69. The third-order valence-corrected chi connectivity index (χ3v) is 8.45. The molecule has 2 heterocycles. The van der Waals surface area contributed by atoms with Crippen molar-refractivity contribution in [3.05, 3.63) is 77.9 Å². The molecule has 1 aromatic heterocycles. The van der Waals surface area contributed by atoms with Crippen LogP contribution in [0.15, 0.2) is 66.7 Å². The maximum absolute atomic E-state index is 13.7. The number of aromatic hydroxyl groups is 2. The van der Waals surface area contributed by atoms with Crippen LogP contribution in [0.25, 0.3) is 19.6 Å². The normalized spacial score (nSPS) is 13.9. The Balaban J connectivity index is 0.00000289. The number of carbonyl (C=O) groups excluding carboxylic acids is 1. The summed E-state index contributed by atoms with van der Waals surface area (Å²) in [5, 5.41) is 20.5. The molecule has 0 spiro atoms. The zero-order chi connectivity index (χ0) is 23.5. The molecule has 2 N–H and O–H groups in total. The fraction of sp³-hybridized carbons (Fsp3) is 0.222. The van der Waals surface area contributed by atoms with Gasteiger partial charge >= 0.3 is 186 Å². The van der Waals surface area contributed by atoms with Crippen molar-refractivity contribution in [1.82, 2.24) is 4.90 Å². The molecule has 1 aliphatic rings. The molecule has 1 aliphatic heterocycles. The van der Waals surface area contributed by atoms with E-state index in [2.05, 4.69) is 4.90 Å². The molecule has 5 rings (SSSR count). The predicted octanol–water partition coefficient (Wildman–Crippen LogP) is 4.34. The van der Waals surface area contributed by atoms with E-state index in [4.69, 9.17) is 9.47 Å². The predicted molar refractivity (Wildman–Crippen MR) is 140 cm³/mol. The Kier molecular flexibility index (Phi) is 8.16. The van der Waals surface area contributed by atoms with E-state index in [-0.39, 0.29) is 44.2 Å². The molecule has 8 heteroatoms. The van der Waals surface area contributed by atoms with Crippen LogP contribution < -0.4 is 4.74 Å². The Morgan fingerprint density at radius 2 is 1.63 bits per heavy atom. The van der Waals surface area contributed by atoms with Gasteiger partial charge < -0.3 is 4.74 Å². The van der Waals surface area contributed by atoms with Crippen LogP contribution in [0.5, 0.6) is 17.2 Å². The molecular weight excluding hydrogens is 533 g/mol. The number of carbonyl (C=O) groups is 1. The number of phenols is 2. The van der Waals surface area contributed by atoms with Gasteiger partial charge in [0.05, 0.1) is 13.2 Å². The van der Waals surface area contributed by atoms with Gasteiger partial charge in [0.2, 0.25) is 0 Å². The Hall–Kier alpha value is -2.80. The number of hydrogen-bond donors (Lipinski definition) is 2. The second-order valence-corrected chi connectivity index (χ2v) is 10.4. The van der Waals surface area contributed by atoms with E-state index in [0.29, 0.717) is 17.7 Å². The van der Waals surface area contributed by atoms with Gasteiger partial charge in [-0.2, -0.15) is 0 Å². The second-order valence-electron chi connectivity index (χ2n) is 8.19. The summed E-state index contributed by atoms with van der Waals surface area (Å²) in [6.07, 6.45) is 0. The van der Waals surface area contributed by atoms with Crippen LogP contribution in [-0.4, -0.2) is 74.9 Å². The van der Waals surface area contributed by atoms with Crippen LogP contribution in [0.3, 0.4) is 0 Å². The topological polar surface area (TPSA) is 79.2 Å². The molecular formula is C27H26ClNO5Se. The van der Waals surface area contributed by atoms with Crippen LogP contribution in [0, 0.1) is 0 Å². The van der Waals surface area contributed by atoms with Crippen molar-refractivity contribution in [2.75, 3.05) is 39.5 Å². The fourth-order valence-electron chi connectivity index (χ4n) is 4.09. The van der Waals surface area contributed by atoms with Gasteiger partial charge in [-0.1, -0.05) is 0 Å². The SMILES string of the molecule is Cl.O=C(c1ccc(OCCN2CCOCC2)cc1)c1c(-c2ccc(O)cc2)[se]c2cc(O)ccc12. The molecule has 6 nitrogen and oxygen atoms in total. The zero-order valence-electron chi connectivity index (χ0n) is 19.0. The van der Waals surface area contributed by atoms with Gasteiger partial charge in [0.25, 0.3) is 0 Å². The summed E-state index contributed by atoms with van der Waals surface area (Å²) in [6, 6.07) is 19.4.